The number of amides is 1. The third-order valence-electron chi connectivity index (χ3n) is 5.44. The Labute approximate surface area is 189 Å². The second-order valence-electron chi connectivity index (χ2n) is 7.69. The van der Waals surface area contributed by atoms with Crippen molar-refractivity contribution in [2.75, 3.05) is 12.4 Å². The number of fused-ring (bicyclic) bond motifs is 1. The fourth-order valence-electron chi connectivity index (χ4n) is 3.82. The van der Waals surface area contributed by atoms with Crippen LogP contribution < -0.4 is 15.5 Å². The van der Waals surface area contributed by atoms with Crippen molar-refractivity contribution in [2.24, 2.45) is 0 Å². The van der Waals surface area contributed by atoms with E-state index in [1.165, 1.54) is 23.0 Å². The van der Waals surface area contributed by atoms with Crippen LogP contribution in [0.3, 0.4) is 0 Å². The first-order valence-electron chi connectivity index (χ1n) is 10.2. The molecule has 0 spiro atoms. The first-order chi connectivity index (χ1) is 15.8. The first-order valence-corrected chi connectivity index (χ1v) is 10.2. The van der Waals surface area contributed by atoms with Gasteiger partial charge in [0.05, 0.1) is 13.3 Å². The summed E-state index contributed by atoms with van der Waals surface area (Å²) in [6.07, 6.45) is 1.38. The number of hydrogen-bond acceptors (Lipinski definition) is 6. The maximum Gasteiger partial charge on any atom is 0.245 e. The van der Waals surface area contributed by atoms with Crippen LogP contribution in [0.5, 0.6) is 5.75 Å². The summed E-state index contributed by atoms with van der Waals surface area (Å²) < 4.78 is 8.61. The first kappa shape index (κ1) is 21.8. The van der Waals surface area contributed by atoms with E-state index in [2.05, 4.69) is 21.5 Å². The molecule has 0 fully saturated rings. The Hall–Kier alpha value is -4.45. The Morgan fingerprint density at radius 1 is 1.18 bits per heavy atom. The van der Waals surface area contributed by atoms with Crippen LogP contribution >= 0.6 is 0 Å². The predicted molar refractivity (Wildman–Crippen MR) is 124 cm³/mol. The SMILES string of the molecule is COc1cccc2c(C)cc(-n3ncc(C#N)c3NC(=O)Cn3c(C)cc(=O)cc3C)nc12. The van der Waals surface area contributed by atoms with Crippen LogP contribution in [0.1, 0.15) is 22.5 Å². The fraction of sp³-hybridized carbons (Fsp3) is 0.208. The lowest BCUT2D eigenvalue weighted by atomic mass is 10.1. The zero-order valence-electron chi connectivity index (χ0n) is 18.7. The molecule has 0 radical (unpaired) electrons. The van der Waals surface area contributed by atoms with Gasteiger partial charge in [0, 0.05) is 28.9 Å². The Balaban J connectivity index is 1.74. The van der Waals surface area contributed by atoms with Crippen molar-refractivity contribution in [1.29, 1.82) is 5.26 Å². The van der Waals surface area contributed by atoms with E-state index in [9.17, 15) is 14.9 Å². The number of nitrogens with one attached hydrogen (secondary N) is 1. The number of aryl methyl sites for hydroxylation is 3. The lowest BCUT2D eigenvalue weighted by molar-refractivity contribution is -0.116. The molecular formula is C24H22N6O3. The highest BCUT2D eigenvalue weighted by atomic mass is 16.5. The van der Waals surface area contributed by atoms with Gasteiger partial charge < -0.3 is 14.6 Å². The van der Waals surface area contributed by atoms with Gasteiger partial charge in [0.15, 0.2) is 17.1 Å². The number of pyridine rings is 2. The monoisotopic (exact) mass is 442 g/mol. The molecule has 0 aliphatic carbocycles. The average molecular weight is 442 g/mol. The summed E-state index contributed by atoms with van der Waals surface area (Å²) in [5.41, 5.74) is 3.03. The van der Waals surface area contributed by atoms with Crippen molar-refractivity contribution >= 4 is 22.6 Å². The number of aromatic nitrogens is 4. The molecule has 1 N–H and O–H groups in total. The number of nitriles is 1. The minimum atomic E-state index is -0.363. The topological polar surface area (TPSA) is 115 Å². The maximum absolute atomic E-state index is 12.9. The fourth-order valence-corrected chi connectivity index (χ4v) is 3.82. The van der Waals surface area contributed by atoms with Crippen LogP contribution in [0.2, 0.25) is 0 Å². The summed E-state index contributed by atoms with van der Waals surface area (Å²) >= 11 is 0. The summed E-state index contributed by atoms with van der Waals surface area (Å²) in [5.74, 6) is 0.912. The average Bonchev–Trinajstić information content (AvgIpc) is 3.18. The Bertz CT molecular complexity index is 1470. The summed E-state index contributed by atoms with van der Waals surface area (Å²) in [5, 5.41) is 17.6. The largest absolute Gasteiger partial charge is 0.494 e. The number of carbonyl (C=O) groups excluding carboxylic acids is 1. The van der Waals surface area contributed by atoms with Crippen molar-refractivity contribution in [3.05, 3.63) is 75.3 Å². The Morgan fingerprint density at radius 2 is 1.91 bits per heavy atom. The van der Waals surface area contributed by atoms with E-state index in [4.69, 9.17) is 4.74 Å². The van der Waals surface area contributed by atoms with Gasteiger partial charge >= 0.3 is 0 Å². The van der Waals surface area contributed by atoms with Gasteiger partial charge in [0.25, 0.3) is 0 Å². The maximum atomic E-state index is 12.9. The van der Waals surface area contributed by atoms with Crippen molar-refractivity contribution in [3.63, 3.8) is 0 Å². The van der Waals surface area contributed by atoms with Gasteiger partial charge in [0.1, 0.15) is 29.4 Å². The van der Waals surface area contributed by atoms with E-state index in [-0.39, 0.29) is 29.3 Å². The molecule has 0 unspecified atom stereocenters. The minimum Gasteiger partial charge on any atom is -0.494 e. The van der Waals surface area contributed by atoms with Crippen LogP contribution in [-0.2, 0) is 11.3 Å². The van der Waals surface area contributed by atoms with Gasteiger partial charge in [-0.3, -0.25) is 9.59 Å². The van der Waals surface area contributed by atoms with E-state index in [1.807, 2.05) is 31.2 Å². The molecule has 1 aromatic carbocycles. The number of anilines is 1. The van der Waals surface area contributed by atoms with Crippen LogP contribution in [0.4, 0.5) is 5.82 Å². The number of benzene rings is 1. The molecule has 4 rings (SSSR count). The van der Waals surface area contributed by atoms with Gasteiger partial charge in [-0.2, -0.15) is 15.0 Å². The highest BCUT2D eigenvalue weighted by molar-refractivity contribution is 5.92. The van der Waals surface area contributed by atoms with E-state index >= 15 is 0 Å². The molecule has 9 heteroatoms. The van der Waals surface area contributed by atoms with Gasteiger partial charge in [-0.15, -0.1) is 0 Å². The van der Waals surface area contributed by atoms with Gasteiger partial charge in [0.2, 0.25) is 5.91 Å². The second kappa shape index (κ2) is 8.59. The molecule has 0 bridgehead atoms. The normalized spacial score (nSPS) is 10.8. The number of ether oxygens (including phenoxy) is 1. The molecule has 0 saturated carbocycles. The lowest BCUT2D eigenvalue weighted by Gasteiger charge is -2.15. The number of methoxy groups -OCH3 is 1. The van der Waals surface area contributed by atoms with Crippen molar-refractivity contribution in [1.82, 2.24) is 19.3 Å². The molecule has 4 aromatic rings. The summed E-state index contributed by atoms with van der Waals surface area (Å²) in [4.78, 5) is 29.3. The number of hydrogen-bond donors (Lipinski definition) is 1. The summed E-state index contributed by atoms with van der Waals surface area (Å²) in [7, 11) is 1.58. The number of nitrogens with zero attached hydrogens (tertiary/aromatic N) is 5. The van der Waals surface area contributed by atoms with Crippen molar-refractivity contribution in [3.8, 4) is 17.6 Å². The molecular weight excluding hydrogens is 420 g/mol. The standard InChI is InChI=1S/C24H22N6O3/c1-14-8-21(27-23-19(14)6-5-7-20(23)33-4)30-24(17(11-25)12-26-30)28-22(32)13-29-15(2)9-18(31)10-16(29)3/h5-10,12H,13H2,1-4H3,(H,28,32). The molecule has 3 heterocycles. The van der Waals surface area contributed by atoms with E-state index in [1.54, 1.807) is 25.5 Å². The van der Waals surface area contributed by atoms with Crippen LogP contribution in [0, 0.1) is 32.1 Å². The smallest absolute Gasteiger partial charge is 0.245 e. The Kier molecular flexibility index (Phi) is 5.67. The highest BCUT2D eigenvalue weighted by Gasteiger charge is 2.18. The van der Waals surface area contributed by atoms with Crippen molar-refractivity contribution in [2.45, 2.75) is 27.3 Å². The van der Waals surface area contributed by atoms with Gasteiger partial charge in [-0.05, 0) is 38.5 Å². The molecule has 0 aliphatic rings. The zero-order valence-corrected chi connectivity index (χ0v) is 18.7. The molecule has 166 valence electrons. The van der Waals surface area contributed by atoms with Crippen molar-refractivity contribution < 1.29 is 9.53 Å². The van der Waals surface area contributed by atoms with Crippen LogP contribution in [-0.4, -0.2) is 32.3 Å². The number of carbonyl (C=O) groups is 1. The third kappa shape index (κ3) is 4.06. The molecule has 0 saturated heterocycles. The number of para-hydroxylation sites is 1. The number of rotatable bonds is 5. The van der Waals surface area contributed by atoms with E-state index in [0.717, 1.165) is 10.9 Å². The van der Waals surface area contributed by atoms with Gasteiger partial charge in [-0.25, -0.2) is 4.98 Å². The quantitative estimate of drug-likeness (QED) is 0.508. The lowest BCUT2D eigenvalue weighted by Crippen LogP contribution is -2.24. The van der Waals surface area contributed by atoms with E-state index < -0.39 is 0 Å². The minimum absolute atomic E-state index is 0.0218. The molecule has 33 heavy (non-hydrogen) atoms. The summed E-state index contributed by atoms with van der Waals surface area (Å²) in [6.45, 7) is 5.46. The van der Waals surface area contributed by atoms with Gasteiger partial charge in [-0.1, -0.05) is 12.1 Å². The summed E-state index contributed by atoms with van der Waals surface area (Å²) in [6, 6.07) is 12.5. The zero-order chi connectivity index (χ0) is 23.7. The highest BCUT2D eigenvalue weighted by Crippen LogP contribution is 2.29. The molecule has 3 aromatic heterocycles. The molecule has 9 nitrogen and oxygen atoms in total. The molecule has 0 aliphatic heterocycles. The van der Waals surface area contributed by atoms with Crippen LogP contribution in [0.15, 0.2) is 47.4 Å². The van der Waals surface area contributed by atoms with Crippen LogP contribution in [0.25, 0.3) is 16.7 Å². The second-order valence-corrected chi connectivity index (χ2v) is 7.69. The third-order valence-corrected chi connectivity index (χ3v) is 5.44. The predicted octanol–water partition coefficient (Wildman–Crippen LogP) is 3.03. The molecule has 1 amide bonds. The van der Waals surface area contributed by atoms with E-state index in [0.29, 0.717) is 28.5 Å². The Morgan fingerprint density at radius 3 is 2.58 bits per heavy atom. The molecule has 0 atom stereocenters.